The van der Waals surface area contributed by atoms with Crippen molar-refractivity contribution in [2.75, 3.05) is 0 Å². The van der Waals surface area contributed by atoms with E-state index in [1.165, 1.54) is 41.8 Å². The highest BCUT2D eigenvalue weighted by Gasteiger charge is 2.09. The molecule has 116 valence electrons. The molecule has 0 bridgehead atoms. The van der Waals surface area contributed by atoms with E-state index in [0.717, 1.165) is 5.69 Å². The molecular formula is C14H11N5O3S. The predicted molar refractivity (Wildman–Crippen MR) is 84.1 cm³/mol. The number of nitrogens with zero attached hydrogens (tertiary/aromatic N) is 3. The summed E-state index contributed by atoms with van der Waals surface area (Å²) in [5, 5.41) is 22.0. The van der Waals surface area contributed by atoms with Crippen molar-refractivity contribution in [2.24, 2.45) is 0 Å². The zero-order valence-electron chi connectivity index (χ0n) is 11.9. The van der Waals surface area contributed by atoms with Crippen molar-refractivity contribution in [3.05, 3.63) is 62.2 Å². The number of rotatable bonds is 5. The fourth-order valence-corrected chi connectivity index (χ4v) is 2.36. The Morgan fingerprint density at radius 2 is 2.13 bits per heavy atom. The number of hydrogen-bond acceptors (Lipinski definition) is 7. The fourth-order valence-electron chi connectivity index (χ4n) is 1.60. The van der Waals surface area contributed by atoms with Crippen LogP contribution >= 0.6 is 11.3 Å². The molecule has 1 aromatic heterocycles. The van der Waals surface area contributed by atoms with Gasteiger partial charge in [0.2, 0.25) is 0 Å². The molecule has 1 amide bonds. The molecule has 8 nitrogen and oxygen atoms in total. The average Bonchev–Trinajstić information content (AvgIpc) is 2.97. The number of nitrogens with one attached hydrogen (secondary N) is 2. The molecular weight excluding hydrogens is 318 g/mol. The van der Waals surface area contributed by atoms with E-state index >= 15 is 0 Å². The fraction of sp³-hybridized carbons (Fsp3) is 0.0714. The average molecular weight is 329 g/mol. The van der Waals surface area contributed by atoms with Gasteiger partial charge in [-0.3, -0.25) is 20.3 Å². The van der Waals surface area contributed by atoms with E-state index < -0.39 is 10.8 Å². The molecule has 9 heteroatoms. The maximum atomic E-state index is 11.9. The molecule has 0 aliphatic rings. The van der Waals surface area contributed by atoms with Crippen LogP contribution in [0.3, 0.4) is 0 Å². The Hall–Kier alpha value is -3.25. The molecule has 23 heavy (non-hydrogen) atoms. The predicted octanol–water partition coefficient (Wildman–Crippen LogP) is 2.16. The van der Waals surface area contributed by atoms with E-state index in [4.69, 9.17) is 5.26 Å². The molecule has 0 saturated carbocycles. The van der Waals surface area contributed by atoms with E-state index in [-0.39, 0.29) is 16.8 Å². The highest BCUT2D eigenvalue weighted by Crippen LogP contribution is 2.17. The van der Waals surface area contributed by atoms with E-state index in [1.54, 1.807) is 0 Å². The number of nitro groups is 1. The van der Waals surface area contributed by atoms with Crippen LogP contribution in [0.15, 0.2) is 35.8 Å². The number of allylic oxidation sites excluding steroid dienone is 1. The van der Waals surface area contributed by atoms with Crippen LogP contribution in [0, 0.1) is 28.4 Å². The molecule has 0 saturated heterocycles. The van der Waals surface area contributed by atoms with Gasteiger partial charge in [0.15, 0.2) is 0 Å². The van der Waals surface area contributed by atoms with Gasteiger partial charge >= 0.3 is 0 Å². The number of aryl methyl sites for hydroxylation is 1. The number of nitro benzene ring substituents is 1. The number of non-ortho nitro benzene ring substituents is 1. The van der Waals surface area contributed by atoms with Crippen LogP contribution in [0.1, 0.15) is 21.1 Å². The molecule has 0 atom stereocenters. The molecule has 0 radical (unpaired) electrons. The first-order chi connectivity index (χ1) is 11.0. The summed E-state index contributed by atoms with van der Waals surface area (Å²) in [5.74, 6) is -0.483. The second-order valence-electron chi connectivity index (χ2n) is 4.37. The van der Waals surface area contributed by atoms with Crippen LogP contribution < -0.4 is 10.9 Å². The van der Waals surface area contributed by atoms with Gasteiger partial charge in [0, 0.05) is 35.0 Å². The van der Waals surface area contributed by atoms with Gasteiger partial charge in [-0.1, -0.05) is 0 Å². The first kappa shape index (κ1) is 16.1. The van der Waals surface area contributed by atoms with Gasteiger partial charge in [0.1, 0.15) is 16.6 Å². The van der Waals surface area contributed by atoms with Crippen LogP contribution in [0.2, 0.25) is 0 Å². The summed E-state index contributed by atoms with van der Waals surface area (Å²) >= 11 is 1.32. The number of hydrazine groups is 1. The molecule has 0 aliphatic carbocycles. The number of benzene rings is 1. The number of carbonyl (C=O) groups is 1. The molecule has 1 aromatic carbocycles. The summed E-state index contributed by atoms with van der Waals surface area (Å²) in [6.07, 6.45) is 1.33. The second-order valence-corrected chi connectivity index (χ2v) is 5.22. The van der Waals surface area contributed by atoms with E-state index in [2.05, 4.69) is 15.8 Å². The molecule has 2 N–H and O–H groups in total. The minimum atomic E-state index is -0.544. The van der Waals surface area contributed by atoms with Crippen LogP contribution in [-0.4, -0.2) is 15.8 Å². The summed E-state index contributed by atoms with van der Waals surface area (Å²) in [6.45, 7) is 1.82. The number of thiazole rings is 1. The quantitative estimate of drug-likeness (QED) is 0.492. The maximum Gasteiger partial charge on any atom is 0.269 e. The Bertz CT molecular complexity index is 805. The van der Waals surface area contributed by atoms with Gasteiger partial charge in [-0.25, -0.2) is 4.98 Å². The van der Waals surface area contributed by atoms with Crippen molar-refractivity contribution in [3.8, 4) is 6.07 Å². The Morgan fingerprint density at radius 3 is 2.65 bits per heavy atom. The van der Waals surface area contributed by atoms with Gasteiger partial charge in [-0.05, 0) is 19.1 Å². The minimum absolute atomic E-state index is 0.0969. The number of nitriles is 1. The molecule has 0 aliphatic heterocycles. The third kappa shape index (κ3) is 4.12. The normalized spacial score (nSPS) is 10.7. The number of hydrogen-bond donors (Lipinski definition) is 2. The first-order valence-corrected chi connectivity index (χ1v) is 7.22. The molecule has 0 spiro atoms. The van der Waals surface area contributed by atoms with Gasteiger partial charge in [0.25, 0.3) is 11.6 Å². The van der Waals surface area contributed by atoms with Crippen LogP contribution in [0.4, 0.5) is 5.69 Å². The number of carbonyl (C=O) groups excluding carboxylic acids is 1. The summed E-state index contributed by atoms with van der Waals surface area (Å²) in [6, 6.07) is 7.15. The lowest BCUT2D eigenvalue weighted by Gasteiger charge is -2.04. The highest BCUT2D eigenvalue weighted by molar-refractivity contribution is 7.10. The third-order valence-corrected chi connectivity index (χ3v) is 3.71. The van der Waals surface area contributed by atoms with Gasteiger partial charge < -0.3 is 5.43 Å². The summed E-state index contributed by atoms with van der Waals surface area (Å²) in [4.78, 5) is 26.0. The second kappa shape index (κ2) is 7.15. The van der Waals surface area contributed by atoms with Gasteiger partial charge in [-0.15, -0.1) is 11.3 Å². The third-order valence-electron chi connectivity index (χ3n) is 2.71. The molecule has 1 heterocycles. The van der Waals surface area contributed by atoms with Crippen molar-refractivity contribution >= 4 is 28.5 Å². The van der Waals surface area contributed by atoms with Crippen molar-refractivity contribution in [1.82, 2.24) is 15.8 Å². The molecule has 0 fully saturated rings. The lowest BCUT2D eigenvalue weighted by molar-refractivity contribution is -0.384. The smallest absolute Gasteiger partial charge is 0.269 e. The Morgan fingerprint density at radius 1 is 1.43 bits per heavy atom. The van der Waals surface area contributed by atoms with Crippen molar-refractivity contribution < 1.29 is 9.72 Å². The highest BCUT2D eigenvalue weighted by atomic mass is 32.1. The first-order valence-electron chi connectivity index (χ1n) is 6.34. The lowest BCUT2D eigenvalue weighted by atomic mass is 10.2. The zero-order valence-corrected chi connectivity index (χ0v) is 12.8. The Kier molecular flexibility index (Phi) is 5.01. The number of amides is 1. The molecule has 2 rings (SSSR count). The largest absolute Gasteiger partial charge is 0.304 e. The Balaban J connectivity index is 1.99. The van der Waals surface area contributed by atoms with Crippen molar-refractivity contribution in [2.45, 2.75) is 6.92 Å². The Labute approximate surface area is 135 Å². The molecule has 2 aromatic rings. The van der Waals surface area contributed by atoms with Crippen LogP contribution in [-0.2, 0) is 0 Å². The molecule has 0 unspecified atom stereocenters. The minimum Gasteiger partial charge on any atom is -0.304 e. The number of aromatic nitrogens is 1. The zero-order chi connectivity index (χ0) is 16.8. The van der Waals surface area contributed by atoms with Crippen LogP contribution in [0.5, 0.6) is 0 Å². The summed E-state index contributed by atoms with van der Waals surface area (Å²) < 4.78 is 0. The topological polar surface area (TPSA) is 121 Å². The van der Waals surface area contributed by atoms with Crippen LogP contribution in [0.25, 0.3) is 5.57 Å². The maximum absolute atomic E-state index is 11.9. The lowest BCUT2D eigenvalue weighted by Crippen LogP contribution is -2.33. The van der Waals surface area contributed by atoms with E-state index in [1.807, 2.05) is 18.4 Å². The van der Waals surface area contributed by atoms with Gasteiger partial charge in [0.05, 0.1) is 4.92 Å². The van der Waals surface area contributed by atoms with E-state index in [9.17, 15) is 14.9 Å². The van der Waals surface area contributed by atoms with Gasteiger partial charge in [-0.2, -0.15) is 5.26 Å². The monoisotopic (exact) mass is 329 g/mol. The van der Waals surface area contributed by atoms with Crippen molar-refractivity contribution in [3.63, 3.8) is 0 Å². The summed E-state index contributed by atoms with van der Waals surface area (Å²) in [5.41, 5.74) is 6.15. The summed E-state index contributed by atoms with van der Waals surface area (Å²) in [7, 11) is 0. The van der Waals surface area contributed by atoms with E-state index in [0.29, 0.717) is 5.01 Å². The standard InChI is InChI=1S/C14H11N5O3S/c1-9-8-23-14(17-9)11(6-15)7-16-18-13(20)10-2-4-12(5-3-10)19(21)22/h2-5,7-8,16H,1H3,(H,18,20)/b11-7+. The SMILES string of the molecule is Cc1csc(/C(C#N)=C/NNC(=O)c2ccc([N+](=O)[O-])cc2)n1. The van der Waals surface area contributed by atoms with Crippen molar-refractivity contribution in [1.29, 1.82) is 5.26 Å².